The van der Waals surface area contributed by atoms with E-state index in [1.165, 1.54) is 6.07 Å². The SMILES string of the molecule is NC(=O)c1ccccc1OCC(=O)NCCOc1ccc(Cl)cc1. The zero-order valence-electron chi connectivity index (χ0n) is 12.8. The lowest BCUT2D eigenvalue weighted by molar-refractivity contribution is -0.123. The summed E-state index contributed by atoms with van der Waals surface area (Å²) >= 11 is 5.78. The highest BCUT2D eigenvalue weighted by Crippen LogP contribution is 2.17. The number of primary amides is 1. The van der Waals surface area contributed by atoms with E-state index in [4.69, 9.17) is 26.8 Å². The molecular weight excluding hydrogens is 332 g/mol. The Labute approximate surface area is 144 Å². The van der Waals surface area contributed by atoms with Crippen molar-refractivity contribution < 1.29 is 19.1 Å². The lowest BCUT2D eigenvalue weighted by atomic mass is 10.2. The second kappa shape index (κ2) is 8.79. The third kappa shape index (κ3) is 5.48. The molecule has 0 unspecified atom stereocenters. The Morgan fingerprint density at radius 2 is 1.75 bits per heavy atom. The van der Waals surface area contributed by atoms with Crippen molar-refractivity contribution in [1.29, 1.82) is 0 Å². The number of hydrogen-bond donors (Lipinski definition) is 2. The molecule has 0 spiro atoms. The van der Waals surface area contributed by atoms with Gasteiger partial charge in [0.15, 0.2) is 6.61 Å². The molecule has 0 bridgehead atoms. The minimum Gasteiger partial charge on any atom is -0.492 e. The van der Waals surface area contributed by atoms with Gasteiger partial charge < -0.3 is 20.5 Å². The molecule has 2 aromatic carbocycles. The molecule has 6 nitrogen and oxygen atoms in total. The number of nitrogens with two attached hydrogens (primary N) is 1. The molecule has 24 heavy (non-hydrogen) atoms. The summed E-state index contributed by atoms with van der Waals surface area (Å²) in [5.41, 5.74) is 5.47. The first-order valence-corrected chi connectivity index (χ1v) is 7.61. The van der Waals surface area contributed by atoms with Crippen LogP contribution >= 0.6 is 11.6 Å². The lowest BCUT2D eigenvalue weighted by Crippen LogP contribution is -2.32. The molecule has 126 valence electrons. The van der Waals surface area contributed by atoms with Crippen molar-refractivity contribution in [3.63, 3.8) is 0 Å². The molecule has 2 aromatic rings. The molecule has 2 rings (SSSR count). The van der Waals surface area contributed by atoms with Gasteiger partial charge in [-0.2, -0.15) is 0 Å². The lowest BCUT2D eigenvalue weighted by Gasteiger charge is -2.10. The molecule has 0 fully saturated rings. The van der Waals surface area contributed by atoms with Gasteiger partial charge in [0.25, 0.3) is 11.8 Å². The standard InChI is InChI=1S/C17H17ClN2O4/c18-12-5-7-13(8-6-12)23-10-9-20-16(21)11-24-15-4-2-1-3-14(15)17(19)22/h1-8H,9-11H2,(H2,19,22)(H,20,21). The number of carbonyl (C=O) groups is 2. The quantitative estimate of drug-likeness (QED) is 0.714. The van der Waals surface area contributed by atoms with Gasteiger partial charge in [0.2, 0.25) is 0 Å². The molecule has 0 aliphatic rings. The minimum absolute atomic E-state index is 0.217. The number of benzene rings is 2. The van der Waals surface area contributed by atoms with E-state index in [9.17, 15) is 9.59 Å². The molecule has 0 radical (unpaired) electrons. The first-order chi connectivity index (χ1) is 11.6. The van der Waals surface area contributed by atoms with Crippen molar-refractivity contribution in [1.82, 2.24) is 5.32 Å². The van der Waals surface area contributed by atoms with Gasteiger partial charge >= 0.3 is 0 Å². The molecule has 2 amide bonds. The highest BCUT2D eigenvalue weighted by molar-refractivity contribution is 6.30. The molecule has 0 heterocycles. The molecule has 3 N–H and O–H groups in total. The zero-order chi connectivity index (χ0) is 17.4. The third-order valence-electron chi connectivity index (χ3n) is 3.02. The predicted octanol–water partition coefficient (Wildman–Crippen LogP) is 2.01. The van der Waals surface area contributed by atoms with E-state index in [-0.39, 0.29) is 23.8 Å². The van der Waals surface area contributed by atoms with Crippen LogP contribution in [0.15, 0.2) is 48.5 Å². The maximum absolute atomic E-state index is 11.7. The first-order valence-electron chi connectivity index (χ1n) is 7.23. The fraction of sp³-hybridized carbons (Fsp3) is 0.176. The second-order valence-electron chi connectivity index (χ2n) is 4.80. The number of hydrogen-bond acceptors (Lipinski definition) is 4. The topological polar surface area (TPSA) is 90.7 Å². The molecular formula is C17H17ClN2O4. The van der Waals surface area contributed by atoms with Crippen LogP contribution in [0, 0.1) is 0 Å². The number of halogens is 1. The Morgan fingerprint density at radius 1 is 1.04 bits per heavy atom. The van der Waals surface area contributed by atoms with Crippen LogP contribution in [-0.2, 0) is 4.79 Å². The van der Waals surface area contributed by atoms with Gasteiger partial charge in [-0.1, -0.05) is 23.7 Å². The zero-order valence-corrected chi connectivity index (χ0v) is 13.6. The summed E-state index contributed by atoms with van der Waals surface area (Å²) in [5.74, 6) is 0.00852. The number of ether oxygens (including phenoxy) is 2. The Bertz CT molecular complexity index is 704. The Morgan fingerprint density at radius 3 is 2.46 bits per heavy atom. The van der Waals surface area contributed by atoms with Gasteiger partial charge in [0.1, 0.15) is 18.1 Å². The Balaban J connectivity index is 1.70. The number of para-hydroxylation sites is 1. The minimum atomic E-state index is -0.609. The summed E-state index contributed by atoms with van der Waals surface area (Å²) in [6.45, 7) is 0.415. The highest BCUT2D eigenvalue weighted by Gasteiger charge is 2.10. The Hall–Kier alpha value is -2.73. The smallest absolute Gasteiger partial charge is 0.258 e. The van der Waals surface area contributed by atoms with Crippen LogP contribution in [0.3, 0.4) is 0 Å². The van der Waals surface area contributed by atoms with Crippen LogP contribution in [0.25, 0.3) is 0 Å². The van der Waals surface area contributed by atoms with Crippen molar-refractivity contribution in [3.8, 4) is 11.5 Å². The number of rotatable bonds is 8. The van der Waals surface area contributed by atoms with Crippen LogP contribution in [0.5, 0.6) is 11.5 Å². The van der Waals surface area contributed by atoms with Crippen molar-refractivity contribution in [2.75, 3.05) is 19.8 Å². The monoisotopic (exact) mass is 348 g/mol. The molecule has 0 aliphatic heterocycles. The van der Waals surface area contributed by atoms with E-state index >= 15 is 0 Å². The first kappa shape index (κ1) is 17.6. The summed E-state index contributed by atoms with van der Waals surface area (Å²) in [5, 5.41) is 3.28. The molecule has 0 atom stereocenters. The highest BCUT2D eigenvalue weighted by atomic mass is 35.5. The van der Waals surface area contributed by atoms with Crippen LogP contribution in [0.2, 0.25) is 5.02 Å². The van der Waals surface area contributed by atoms with Gasteiger partial charge in [-0.15, -0.1) is 0 Å². The van der Waals surface area contributed by atoms with Gasteiger partial charge in [-0.05, 0) is 36.4 Å². The van der Waals surface area contributed by atoms with Crippen LogP contribution in [-0.4, -0.2) is 31.6 Å². The number of amides is 2. The van der Waals surface area contributed by atoms with E-state index in [1.807, 2.05) is 0 Å². The molecule has 0 aliphatic carbocycles. The van der Waals surface area contributed by atoms with Crippen molar-refractivity contribution >= 4 is 23.4 Å². The fourth-order valence-electron chi connectivity index (χ4n) is 1.88. The fourth-order valence-corrected chi connectivity index (χ4v) is 2.01. The normalized spacial score (nSPS) is 10.0. The van der Waals surface area contributed by atoms with Gasteiger partial charge in [-0.3, -0.25) is 9.59 Å². The maximum atomic E-state index is 11.7. The average Bonchev–Trinajstić information content (AvgIpc) is 2.58. The van der Waals surface area contributed by atoms with E-state index < -0.39 is 5.91 Å². The molecule has 0 aromatic heterocycles. The second-order valence-corrected chi connectivity index (χ2v) is 5.24. The maximum Gasteiger partial charge on any atom is 0.258 e. The largest absolute Gasteiger partial charge is 0.492 e. The van der Waals surface area contributed by atoms with E-state index in [0.29, 0.717) is 23.9 Å². The molecule has 0 saturated heterocycles. The summed E-state index contributed by atoms with van der Waals surface area (Å²) < 4.78 is 10.8. The molecule has 0 saturated carbocycles. The van der Waals surface area contributed by atoms with Gasteiger partial charge in [-0.25, -0.2) is 0 Å². The molecule has 7 heteroatoms. The van der Waals surface area contributed by atoms with Gasteiger partial charge in [0.05, 0.1) is 12.1 Å². The van der Waals surface area contributed by atoms with E-state index in [1.54, 1.807) is 42.5 Å². The van der Waals surface area contributed by atoms with Gasteiger partial charge in [0, 0.05) is 5.02 Å². The summed E-state index contributed by atoms with van der Waals surface area (Å²) in [7, 11) is 0. The predicted molar refractivity (Wildman–Crippen MR) is 90.4 cm³/mol. The van der Waals surface area contributed by atoms with Crippen LogP contribution in [0.4, 0.5) is 0 Å². The Kier molecular flexibility index (Phi) is 6.45. The summed E-state index contributed by atoms with van der Waals surface area (Å²) in [4.78, 5) is 23.0. The van der Waals surface area contributed by atoms with Crippen molar-refractivity contribution in [3.05, 3.63) is 59.1 Å². The average molecular weight is 349 g/mol. The van der Waals surface area contributed by atoms with E-state index in [0.717, 1.165) is 0 Å². The van der Waals surface area contributed by atoms with Crippen molar-refractivity contribution in [2.24, 2.45) is 5.73 Å². The summed E-state index contributed by atoms with van der Waals surface area (Å²) in [6.07, 6.45) is 0. The summed E-state index contributed by atoms with van der Waals surface area (Å²) in [6, 6.07) is 13.4. The van der Waals surface area contributed by atoms with Crippen molar-refractivity contribution in [2.45, 2.75) is 0 Å². The third-order valence-corrected chi connectivity index (χ3v) is 3.27. The number of carbonyl (C=O) groups excluding carboxylic acids is 2. The number of nitrogens with one attached hydrogen (secondary N) is 1. The van der Waals surface area contributed by atoms with E-state index in [2.05, 4.69) is 5.32 Å². The van der Waals surface area contributed by atoms with Crippen LogP contribution < -0.4 is 20.5 Å². The van der Waals surface area contributed by atoms with Crippen LogP contribution in [0.1, 0.15) is 10.4 Å².